The third kappa shape index (κ3) is 4.24. The molecule has 1 heterocycles. The van der Waals surface area contributed by atoms with Crippen LogP contribution < -0.4 is 10.7 Å². The fraction of sp³-hybridized carbons (Fsp3) is 0.400. The molecule has 2 aromatic rings. The van der Waals surface area contributed by atoms with E-state index in [1.165, 1.54) is 0 Å². The minimum absolute atomic E-state index is 0.0242. The van der Waals surface area contributed by atoms with Crippen LogP contribution in [0.2, 0.25) is 0 Å². The summed E-state index contributed by atoms with van der Waals surface area (Å²) in [5, 5.41) is 2.93. The van der Waals surface area contributed by atoms with Crippen LogP contribution in [0.3, 0.4) is 0 Å². The molecule has 0 atom stereocenters. The summed E-state index contributed by atoms with van der Waals surface area (Å²) < 4.78 is 11.3. The lowest BCUT2D eigenvalue weighted by Crippen LogP contribution is -2.26. The summed E-state index contributed by atoms with van der Waals surface area (Å²) in [7, 11) is 0. The average molecular weight is 422 g/mol. The Morgan fingerprint density at radius 3 is 2.35 bits per heavy atom. The van der Waals surface area contributed by atoms with E-state index in [4.69, 9.17) is 9.15 Å². The molecule has 1 aromatic heterocycles. The maximum atomic E-state index is 13.0. The maximum Gasteiger partial charge on any atom is 0.263 e. The third-order valence-corrected chi connectivity index (χ3v) is 5.11. The van der Waals surface area contributed by atoms with Gasteiger partial charge < -0.3 is 14.5 Å². The van der Waals surface area contributed by atoms with Crippen LogP contribution >= 0.6 is 15.9 Å². The Balaban J connectivity index is 2.51. The van der Waals surface area contributed by atoms with E-state index in [-0.39, 0.29) is 22.4 Å². The number of hydrogen-bond donors (Lipinski definition) is 1. The molecule has 0 aliphatic rings. The van der Waals surface area contributed by atoms with E-state index in [0.29, 0.717) is 12.4 Å². The molecule has 0 aliphatic heterocycles. The van der Waals surface area contributed by atoms with Crippen LogP contribution in [-0.2, 0) is 24.2 Å². The molecule has 1 aromatic carbocycles. The zero-order valence-corrected chi connectivity index (χ0v) is 17.2. The first-order valence-corrected chi connectivity index (χ1v) is 9.55. The van der Waals surface area contributed by atoms with Crippen LogP contribution in [-0.4, -0.2) is 12.5 Å². The fourth-order valence-electron chi connectivity index (χ4n) is 2.78. The Morgan fingerprint density at radius 1 is 1.19 bits per heavy atom. The van der Waals surface area contributed by atoms with Crippen molar-refractivity contribution >= 4 is 27.5 Å². The topological polar surface area (TPSA) is 68.5 Å². The summed E-state index contributed by atoms with van der Waals surface area (Å²) in [6.45, 7) is 8.10. The van der Waals surface area contributed by atoms with E-state index >= 15 is 0 Å². The van der Waals surface area contributed by atoms with Gasteiger partial charge in [0.25, 0.3) is 5.91 Å². The molecule has 5 nitrogen and oxygen atoms in total. The van der Waals surface area contributed by atoms with Gasteiger partial charge in [0.2, 0.25) is 5.43 Å². The molecule has 1 amide bonds. The fourth-order valence-corrected chi connectivity index (χ4v) is 3.06. The largest absolute Gasteiger partial charge is 0.462 e. The first-order valence-electron chi connectivity index (χ1n) is 8.76. The number of carbonyl (C=O) groups excluding carboxylic acids is 1. The number of rotatable bonds is 7. The van der Waals surface area contributed by atoms with E-state index in [1.807, 2.05) is 39.0 Å². The van der Waals surface area contributed by atoms with E-state index in [1.54, 1.807) is 6.92 Å². The highest BCUT2D eigenvalue weighted by Gasteiger charge is 2.23. The number of benzene rings is 1. The molecule has 0 fully saturated rings. The van der Waals surface area contributed by atoms with Crippen LogP contribution in [0, 0.1) is 6.92 Å². The maximum absolute atomic E-state index is 13.0. The van der Waals surface area contributed by atoms with Crippen LogP contribution in [0.4, 0.5) is 5.69 Å². The molecule has 6 heteroatoms. The van der Waals surface area contributed by atoms with Gasteiger partial charge in [0.05, 0.1) is 0 Å². The van der Waals surface area contributed by atoms with Crippen LogP contribution in [0.5, 0.6) is 0 Å². The second-order valence-electron chi connectivity index (χ2n) is 5.85. The number of hydrogen-bond acceptors (Lipinski definition) is 4. The second kappa shape index (κ2) is 9.14. The second-order valence-corrected chi connectivity index (χ2v) is 6.64. The number of halogens is 1. The van der Waals surface area contributed by atoms with Crippen LogP contribution in [0.1, 0.15) is 53.8 Å². The van der Waals surface area contributed by atoms with Crippen molar-refractivity contribution < 1.29 is 13.9 Å². The number of amides is 1. The smallest absolute Gasteiger partial charge is 0.263 e. The summed E-state index contributed by atoms with van der Waals surface area (Å²) in [5.41, 5.74) is 2.40. The number of ether oxygens (including phenoxy) is 1. The van der Waals surface area contributed by atoms with Crippen molar-refractivity contribution in [1.29, 1.82) is 0 Å². The van der Waals surface area contributed by atoms with Crippen molar-refractivity contribution in [2.45, 2.75) is 47.1 Å². The summed E-state index contributed by atoms with van der Waals surface area (Å²) in [6, 6.07) is 5.93. The summed E-state index contributed by atoms with van der Waals surface area (Å²) in [4.78, 5) is 25.7. The first-order chi connectivity index (χ1) is 12.4. The predicted octanol–water partition coefficient (Wildman–Crippen LogP) is 4.62. The van der Waals surface area contributed by atoms with Gasteiger partial charge in [0.1, 0.15) is 28.2 Å². The van der Waals surface area contributed by atoms with E-state index in [2.05, 4.69) is 21.2 Å². The molecule has 0 saturated heterocycles. The normalized spacial score (nSPS) is 10.8. The van der Waals surface area contributed by atoms with Gasteiger partial charge in [0, 0.05) is 12.3 Å². The summed E-state index contributed by atoms with van der Waals surface area (Å²) in [6.07, 6.45) is 1.56. The van der Waals surface area contributed by atoms with Crippen molar-refractivity contribution in [1.82, 2.24) is 0 Å². The number of aryl methyl sites for hydroxylation is 3. The Kier molecular flexibility index (Phi) is 7.17. The highest BCUT2D eigenvalue weighted by molar-refractivity contribution is 9.10. The number of nitrogens with one attached hydrogen (secondary N) is 1. The van der Waals surface area contributed by atoms with Gasteiger partial charge >= 0.3 is 0 Å². The van der Waals surface area contributed by atoms with Gasteiger partial charge in [-0.2, -0.15) is 0 Å². The third-order valence-electron chi connectivity index (χ3n) is 4.19. The van der Waals surface area contributed by atoms with Crippen LogP contribution in [0.25, 0.3) is 0 Å². The molecule has 140 valence electrons. The summed E-state index contributed by atoms with van der Waals surface area (Å²) in [5.74, 6) is 0.177. The summed E-state index contributed by atoms with van der Waals surface area (Å²) >= 11 is 3.22. The van der Waals surface area contributed by atoms with Gasteiger partial charge in [-0.15, -0.1) is 0 Å². The van der Waals surface area contributed by atoms with Crippen molar-refractivity contribution in [2.24, 2.45) is 0 Å². The van der Waals surface area contributed by atoms with Crippen molar-refractivity contribution in [2.75, 3.05) is 11.9 Å². The molecular weight excluding hydrogens is 398 g/mol. The van der Waals surface area contributed by atoms with Crippen molar-refractivity contribution in [3.05, 3.63) is 61.1 Å². The molecule has 0 unspecified atom stereocenters. The molecule has 0 spiro atoms. The lowest BCUT2D eigenvalue weighted by molar-refractivity contribution is 0.0982. The van der Waals surface area contributed by atoms with Crippen molar-refractivity contribution in [3.8, 4) is 0 Å². The molecule has 2 rings (SSSR count). The molecule has 1 N–H and O–H groups in total. The van der Waals surface area contributed by atoms with Gasteiger partial charge in [-0.1, -0.05) is 32.0 Å². The molecule has 0 saturated carbocycles. The van der Waals surface area contributed by atoms with Gasteiger partial charge in [-0.25, -0.2) is 0 Å². The van der Waals surface area contributed by atoms with Crippen molar-refractivity contribution in [3.63, 3.8) is 0 Å². The van der Waals surface area contributed by atoms with E-state index in [9.17, 15) is 9.59 Å². The number of para-hydroxylation sites is 1. The Bertz CT molecular complexity index is 835. The SMILES string of the molecule is CCOCc1oc(C)c(Br)c(=O)c1C(=O)Nc1c(CC)cccc1CC. The van der Waals surface area contributed by atoms with Gasteiger partial charge in [-0.3, -0.25) is 9.59 Å². The standard InChI is InChI=1S/C20H24BrNO4/c1-5-13-9-8-10-14(6-2)18(13)22-20(24)16-15(11-25-7-3)26-12(4)17(21)19(16)23/h8-10H,5-7,11H2,1-4H3,(H,22,24). The minimum atomic E-state index is -0.482. The zero-order chi connectivity index (χ0) is 19.3. The number of carbonyl (C=O) groups is 1. The van der Waals surface area contributed by atoms with Gasteiger partial charge in [0.15, 0.2) is 0 Å². The quantitative estimate of drug-likeness (QED) is 0.707. The highest BCUT2D eigenvalue weighted by atomic mass is 79.9. The Morgan fingerprint density at radius 2 is 1.81 bits per heavy atom. The molecule has 0 aliphatic carbocycles. The zero-order valence-electron chi connectivity index (χ0n) is 15.6. The minimum Gasteiger partial charge on any atom is -0.462 e. The monoisotopic (exact) mass is 421 g/mol. The van der Waals surface area contributed by atoms with E-state index in [0.717, 1.165) is 29.7 Å². The predicted molar refractivity (Wildman–Crippen MR) is 106 cm³/mol. The Labute approximate surface area is 161 Å². The lowest BCUT2D eigenvalue weighted by atomic mass is 10.0. The Hall–Kier alpha value is -1.92. The first kappa shape index (κ1) is 20.4. The molecular formula is C20H24BrNO4. The number of anilines is 1. The molecule has 26 heavy (non-hydrogen) atoms. The van der Waals surface area contributed by atoms with Gasteiger partial charge in [-0.05, 0) is 53.7 Å². The highest BCUT2D eigenvalue weighted by Crippen LogP contribution is 2.24. The molecule has 0 radical (unpaired) electrons. The van der Waals surface area contributed by atoms with Crippen LogP contribution in [0.15, 0.2) is 31.9 Å². The average Bonchev–Trinajstić information content (AvgIpc) is 2.64. The van der Waals surface area contributed by atoms with E-state index < -0.39 is 11.3 Å². The molecule has 0 bridgehead atoms. The lowest BCUT2D eigenvalue weighted by Gasteiger charge is -2.16.